The van der Waals surface area contributed by atoms with Crippen molar-refractivity contribution in [2.45, 2.75) is 19.8 Å². The van der Waals surface area contributed by atoms with Gasteiger partial charge in [-0.2, -0.15) is 0 Å². The molecule has 0 N–H and O–H groups in total. The van der Waals surface area contributed by atoms with E-state index in [1.807, 2.05) is 31.2 Å². The highest BCUT2D eigenvalue weighted by molar-refractivity contribution is 6.22. The Morgan fingerprint density at radius 1 is 0.889 bits per heavy atom. The van der Waals surface area contributed by atoms with Crippen LogP contribution in [0.1, 0.15) is 18.4 Å². The Hall–Kier alpha value is -3.74. The lowest BCUT2D eigenvalue weighted by molar-refractivity contribution is -0.139. The predicted molar refractivity (Wildman–Crippen MR) is 131 cm³/mol. The Morgan fingerprint density at radius 2 is 1.56 bits per heavy atom. The third-order valence-corrected chi connectivity index (χ3v) is 8.73. The number of hydrogen-bond acceptors (Lipinski definition) is 5. The molecular weight excluding hydrogens is 456 g/mol. The molecule has 3 amide bonds. The van der Waals surface area contributed by atoms with Crippen LogP contribution in [0.15, 0.2) is 60.7 Å². The maximum absolute atomic E-state index is 13.4. The molecule has 2 aromatic rings. The fourth-order valence-electron chi connectivity index (χ4n) is 7.01. The van der Waals surface area contributed by atoms with Gasteiger partial charge >= 0.3 is 5.97 Å². The Balaban J connectivity index is 1.08. The van der Waals surface area contributed by atoms with Crippen molar-refractivity contribution in [1.82, 2.24) is 0 Å². The highest BCUT2D eigenvalue weighted by atomic mass is 16.5. The van der Waals surface area contributed by atoms with Crippen LogP contribution < -0.4 is 14.5 Å². The van der Waals surface area contributed by atoms with Crippen molar-refractivity contribution in [2.75, 3.05) is 16.3 Å². The Morgan fingerprint density at radius 3 is 2.25 bits per heavy atom. The molecule has 7 heteroatoms. The summed E-state index contributed by atoms with van der Waals surface area (Å²) in [5.74, 6) is -0.392. The van der Waals surface area contributed by atoms with Crippen LogP contribution in [0.2, 0.25) is 0 Å². The van der Waals surface area contributed by atoms with Crippen molar-refractivity contribution in [3.63, 3.8) is 0 Å². The van der Waals surface area contributed by atoms with E-state index in [1.165, 1.54) is 4.90 Å². The van der Waals surface area contributed by atoms with Crippen molar-refractivity contribution in [3.8, 4) is 5.75 Å². The average Bonchev–Trinajstić information content (AvgIpc) is 3.54. The summed E-state index contributed by atoms with van der Waals surface area (Å²) in [6.07, 6.45) is 5.50. The lowest BCUT2D eigenvalue weighted by Gasteiger charge is -2.37. The van der Waals surface area contributed by atoms with Crippen molar-refractivity contribution in [2.24, 2.45) is 41.4 Å². The van der Waals surface area contributed by atoms with Gasteiger partial charge in [0.1, 0.15) is 5.75 Å². The second-order valence-corrected chi connectivity index (χ2v) is 10.8. The van der Waals surface area contributed by atoms with E-state index in [9.17, 15) is 19.2 Å². The van der Waals surface area contributed by atoms with Gasteiger partial charge in [-0.1, -0.05) is 30.4 Å². The first-order chi connectivity index (χ1) is 17.4. The first-order valence-corrected chi connectivity index (χ1v) is 12.7. The van der Waals surface area contributed by atoms with E-state index in [0.717, 1.165) is 17.7 Å². The van der Waals surface area contributed by atoms with Crippen molar-refractivity contribution < 1.29 is 23.9 Å². The average molecular weight is 483 g/mol. The van der Waals surface area contributed by atoms with Gasteiger partial charge in [0.25, 0.3) is 0 Å². The smallest absolute Gasteiger partial charge is 0.316 e. The van der Waals surface area contributed by atoms with Gasteiger partial charge in [0.15, 0.2) is 0 Å². The number of imide groups is 1. The van der Waals surface area contributed by atoms with Crippen molar-refractivity contribution in [3.05, 3.63) is 66.2 Å². The first kappa shape index (κ1) is 21.5. The summed E-state index contributed by atoms with van der Waals surface area (Å²) in [6, 6.07) is 14.2. The lowest BCUT2D eigenvalue weighted by Crippen LogP contribution is -2.40. The molecule has 36 heavy (non-hydrogen) atoms. The molecule has 182 valence electrons. The largest absolute Gasteiger partial charge is 0.426 e. The first-order valence-electron chi connectivity index (χ1n) is 12.7. The van der Waals surface area contributed by atoms with Crippen molar-refractivity contribution >= 4 is 35.1 Å². The lowest BCUT2D eigenvalue weighted by atomic mass is 9.63. The highest BCUT2D eigenvalue weighted by Gasteiger charge is 2.67. The van der Waals surface area contributed by atoms with Gasteiger partial charge in [-0.05, 0) is 66.8 Å². The van der Waals surface area contributed by atoms with Crippen LogP contribution in [0.5, 0.6) is 5.75 Å². The fourth-order valence-corrected chi connectivity index (χ4v) is 7.01. The molecule has 7 unspecified atom stereocenters. The van der Waals surface area contributed by atoms with Crippen LogP contribution in [0.25, 0.3) is 0 Å². The number of allylic oxidation sites excluding steroid dienone is 2. The maximum atomic E-state index is 13.4. The summed E-state index contributed by atoms with van der Waals surface area (Å²) in [7, 11) is 0. The van der Waals surface area contributed by atoms with Gasteiger partial charge < -0.3 is 9.64 Å². The molecule has 6 aliphatic rings. The Labute approximate surface area is 208 Å². The third-order valence-electron chi connectivity index (χ3n) is 8.73. The normalized spacial score (nSPS) is 33.7. The molecule has 0 radical (unpaired) electrons. The molecule has 2 bridgehead atoms. The SMILES string of the molecule is Cc1cccc(N2CC(C(=O)Oc3cccc(N4C(=O)C5C6C=CC(C7CC67)C5C4=O)c3)CC2=O)c1. The molecule has 2 aliphatic heterocycles. The summed E-state index contributed by atoms with van der Waals surface area (Å²) < 4.78 is 5.64. The molecule has 2 heterocycles. The van der Waals surface area contributed by atoms with E-state index in [4.69, 9.17) is 4.74 Å². The molecule has 2 saturated carbocycles. The summed E-state index contributed by atoms with van der Waals surface area (Å²) in [4.78, 5) is 55.2. The summed E-state index contributed by atoms with van der Waals surface area (Å²) in [5.41, 5.74) is 2.24. The van der Waals surface area contributed by atoms with Crippen LogP contribution in [-0.4, -0.2) is 30.2 Å². The van der Waals surface area contributed by atoms with Crippen LogP contribution in [0.3, 0.4) is 0 Å². The topological polar surface area (TPSA) is 84.0 Å². The van der Waals surface area contributed by atoms with Gasteiger partial charge in [0.05, 0.1) is 23.4 Å². The zero-order chi connectivity index (χ0) is 24.7. The zero-order valence-corrected chi connectivity index (χ0v) is 19.9. The molecule has 2 aromatic carbocycles. The Bertz CT molecular complexity index is 1330. The second kappa shape index (κ2) is 7.63. The summed E-state index contributed by atoms with van der Waals surface area (Å²) >= 11 is 0. The zero-order valence-electron chi connectivity index (χ0n) is 19.9. The van der Waals surface area contributed by atoms with Crippen LogP contribution in [0, 0.1) is 48.3 Å². The number of carbonyl (C=O) groups excluding carboxylic acids is 4. The van der Waals surface area contributed by atoms with Gasteiger partial charge in [0, 0.05) is 24.7 Å². The molecule has 7 nitrogen and oxygen atoms in total. The molecular formula is C29H26N2O5. The number of anilines is 2. The van der Waals surface area contributed by atoms with Gasteiger partial charge in [-0.15, -0.1) is 0 Å². The minimum atomic E-state index is -0.590. The van der Waals surface area contributed by atoms with Crippen LogP contribution in [0.4, 0.5) is 11.4 Å². The number of rotatable bonds is 4. The molecule has 4 aliphatic carbocycles. The number of aryl methyl sites for hydroxylation is 1. The summed E-state index contributed by atoms with van der Waals surface area (Å²) in [5, 5.41) is 0. The fraction of sp³-hybridized carbons (Fsp3) is 0.379. The molecule has 8 rings (SSSR count). The number of esters is 1. The highest BCUT2D eigenvalue weighted by Crippen LogP contribution is 2.65. The quantitative estimate of drug-likeness (QED) is 0.288. The second-order valence-electron chi connectivity index (χ2n) is 10.8. The van der Waals surface area contributed by atoms with Crippen LogP contribution in [-0.2, 0) is 19.2 Å². The van der Waals surface area contributed by atoms with E-state index < -0.39 is 11.9 Å². The predicted octanol–water partition coefficient (Wildman–Crippen LogP) is 3.51. The number of hydrogen-bond donors (Lipinski definition) is 0. The molecule has 2 saturated heterocycles. The number of carbonyl (C=O) groups is 4. The molecule has 0 aromatic heterocycles. The molecule has 4 fully saturated rings. The van der Waals surface area contributed by atoms with E-state index in [1.54, 1.807) is 29.2 Å². The van der Waals surface area contributed by atoms with Gasteiger partial charge in [-0.3, -0.25) is 19.2 Å². The van der Waals surface area contributed by atoms with E-state index >= 15 is 0 Å². The van der Waals surface area contributed by atoms with E-state index in [0.29, 0.717) is 17.5 Å². The number of benzene rings is 2. The minimum Gasteiger partial charge on any atom is -0.426 e. The van der Waals surface area contributed by atoms with Crippen LogP contribution >= 0.6 is 0 Å². The third kappa shape index (κ3) is 3.11. The van der Waals surface area contributed by atoms with Gasteiger partial charge in [0.2, 0.25) is 17.7 Å². The summed E-state index contributed by atoms with van der Waals surface area (Å²) in [6.45, 7) is 2.21. The Kier molecular flexibility index (Phi) is 4.56. The monoisotopic (exact) mass is 482 g/mol. The number of amides is 3. The standard InChI is InChI=1S/C29H26N2O5/c1-15-4-2-5-17(10-15)30-14-16(11-24(30)32)29(35)36-19-7-3-6-18(12-19)31-27(33)25-20-8-9-21(23-13-22(20)23)26(25)28(31)34/h2-10,12,16,20-23,25-26H,11,13-14H2,1H3. The van der Waals surface area contributed by atoms with E-state index in [-0.39, 0.29) is 60.1 Å². The number of ether oxygens (including phenoxy) is 1. The minimum absolute atomic E-state index is 0.0804. The van der Waals surface area contributed by atoms with Crippen molar-refractivity contribution in [1.29, 1.82) is 0 Å². The van der Waals surface area contributed by atoms with E-state index in [2.05, 4.69) is 12.2 Å². The molecule has 0 spiro atoms. The maximum Gasteiger partial charge on any atom is 0.316 e. The number of nitrogens with zero attached hydrogens (tertiary/aromatic N) is 2. The van der Waals surface area contributed by atoms with Gasteiger partial charge in [-0.25, -0.2) is 4.90 Å². The molecule has 7 atom stereocenters.